The molecule has 0 aliphatic carbocycles. The van der Waals surface area contributed by atoms with Gasteiger partial charge in [-0.2, -0.15) is 9.78 Å². The molecular formula is C22H20N6O7. The second-order valence-electron chi connectivity index (χ2n) is 7.34. The number of carbonyl (C=O) groups is 1. The molecule has 0 aliphatic heterocycles. The number of nitro groups is 1. The second-order valence-corrected chi connectivity index (χ2v) is 7.34. The van der Waals surface area contributed by atoms with Crippen LogP contribution >= 0.6 is 0 Å². The molecule has 13 heteroatoms. The lowest BCUT2D eigenvalue weighted by atomic mass is 10.1. The molecular weight excluding hydrogens is 460 g/mol. The number of hydrogen-bond acceptors (Lipinski definition) is 9. The van der Waals surface area contributed by atoms with Crippen LogP contribution < -0.4 is 20.3 Å². The van der Waals surface area contributed by atoms with Gasteiger partial charge in [0.15, 0.2) is 17.3 Å². The molecule has 4 aromatic rings. The van der Waals surface area contributed by atoms with Crippen LogP contribution in [0.1, 0.15) is 21.6 Å². The summed E-state index contributed by atoms with van der Waals surface area (Å²) in [4.78, 5) is 43.5. The summed E-state index contributed by atoms with van der Waals surface area (Å²) >= 11 is 0. The van der Waals surface area contributed by atoms with Gasteiger partial charge >= 0.3 is 0 Å². The number of benzene rings is 1. The van der Waals surface area contributed by atoms with Gasteiger partial charge in [0, 0.05) is 23.4 Å². The molecule has 3 aromatic heterocycles. The number of hydrogen-bond donors (Lipinski definition) is 2. The highest BCUT2D eigenvalue weighted by molar-refractivity contribution is 6.07. The Morgan fingerprint density at radius 1 is 1.20 bits per heavy atom. The summed E-state index contributed by atoms with van der Waals surface area (Å²) in [6.07, 6.45) is 1.45. The average Bonchev–Trinajstić information content (AvgIpc) is 3.51. The number of aromatic amines is 1. The Morgan fingerprint density at radius 2 is 1.91 bits per heavy atom. The first kappa shape index (κ1) is 23.2. The van der Waals surface area contributed by atoms with Crippen molar-refractivity contribution in [1.29, 1.82) is 0 Å². The molecule has 1 amide bonds. The number of anilines is 1. The highest BCUT2D eigenvalue weighted by Gasteiger charge is 2.26. The molecule has 180 valence electrons. The SMILES string of the molecule is COc1cc(C(=O)Nc2cc(-c3ccco3)nn2-c2nc(C)c(C)c(=O)[nH]2)c([N+](=O)[O-])cc1OC. The standard InChI is InChI=1S/C22H20N6O7/c1-11-12(2)23-22(25-20(11)29)27-19(9-14(26-27)16-6-5-7-35-16)24-21(30)13-8-17(33-3)18(34-4)10-15(13)28(31)32/h5-10H,1-4H3,(H,24,30)(H,23,25,29). The van der Waals surface area contributed by atoms with Crippen LogP contribution in [-0.4, -0.2) is 44.8 Å². The molecule has 0 spiro atoms. The van der Waals surface area contributed by atoms with Crippen molar-refractivity contribution >= 4 is 17.4 Å². The largest absolute Gasteiger partial charge is 0.493 e. The second kappa shape index (κ2) is 9.13. The van der Waals surface area contributed by atoms with Crippen molar-refractivity contribution < 1.29 is 23.6 Å². The Morgan fingerprint density at radius 3 is 2.51 bits per heavy atom. The maximum Gasteiger partial charge on any atom is 0.286 e. The van der Waals surface area contributed by atoms with E-state index in [0.717, 1.165) is 6.07 Å². The third-order valence-electron chi connectivity index (χ3n) is 5.25. The van der Waals surface area contributed by atoms with Crippen molar-refractivity contribution in [3.63, 3.8) is 0 Å². The lowest BCUT2D eigenvalue weighted by Crippen LogP contribution is -2.21. The van der Waals surface area contributed by atoms with E-state index in [4.69, 9.17) is 13.9 Å². The zero-order chi connectivity index (χ0) is 25.3. The van der Waals surface area contributed by atoms with Gasteiger partial charge in [-0.25, -0.2) is 4.98 Å². The molecule has 0 unspecified atom stereocenters. The molecule has 0 fully saturated rings. The third kappa shape index (κ3) is 4.34. The van der Waals surface area contributed by atoms with Crippen LogP contribution in [0.15, 0.2) is 45.8 Å². The molecule has 35 heavy (non-hydrogen) atoms. The Bertz CT molecular complexity index is 1490. The third-order valence-corrected chi connectivity index (χ3v) is 5.25. The summed E-state index contributed by atoms with van der Waals surface area (Å²) in [5.74, 6) is -0.0885. The van der Waals surface area contributed by atoms with Crippen molar-refractivity contribution in [1.82, 2.24) is 19.7 Å². The van der Waals surface area contributed by atoms with Gasteiger partial charge in [-0.1, -0.05) is 0 Å². The number of aromatic nitrogens is 4. The normalized spacial score (nSPS) is 10.7. The Kier molecular flexibility index (Phi) is 6.06. The Labute approximate surface area is 197 Å². The topological polar surface area (TPSA) is 167 Å². The van der Waals surface area contributed by atoms with Crippen LogP contribution in [-0.2, 0) is 0 Å². The molecule has 0 aliphatic rings. The van der Waals surface area contributed by atoms with E-state index in [1.807, 2.05) is 0 Å². The van der Waals surface area contributed by atoms with Crippen LogP contribution in [0.3, 0.4) is 0 Å². The summed E-state index contributed by atoms with van der Waals surface area (Å²) in [6, 6.07) is 7.11. The van der Waals surface area contributed by atoms with E-state index in [1.165, 1.54) is 37.3 Å². The van der Waals surface area contributed by atoms with E-state index in [-0.39, 0.29) is 34.4 Å². The zero-order valence-electron chi connectivity index (χ0n) is 19.1. The van der Waals surface area contributed by atoms with Gasteiger partial charge in [0.05, 0.1) is 31.5 Å². The van der Waals surface area contributed by atoms with E-state index < -0.39 is 16.5 Å². The molecule has 0 saturated heterocycles. The zero-order valence-corrected chi connectivity index (χ0v) is 19.1. The van der Waals surface area contributed by atoms with Gasteiger partial charge in [-0.3, -0.25) is 24.7 Å². The molecule has 1 aromatic carbocycles. The maximum absolute atomic E-state index is 13.2. The molecule has 0 atom stereocenters. The number of rotatable bonds is 7. The number of aryl methyl sites for hydroxylation is 1. The van der Waals surface area contributed by atoms with Crippen LogP contribution in [0.2, 0.25) is 0 Å². The fourth-order valence-corrected chi connectivity index (χ4v) is 3.29. The van der Waals surface area contributed by atoms with E-state index >= 15 is 0 Å². The van der Waals surface area contributed by atoms with Crippen molar-refractivity contribution in [2.45, 2.75) is 13.8 Å². The number of nitro benzene ring substituents is 1. The predicted octanol–water partition coefficient (Wildman–Crippen LogP) is 3.01. The first-order valence-electron chi connectivity index (χ1n) is 10.2. The van der Waals surface area contributed by atoms with Gasteiger partial charge in [0.2, 0.25) is 5.95 Å². The summed E-state index contributed by atoms with van der Waals surface area (Å²) in [7, 11) is 2.67. The minimum Gasteiger partial charge on any atom is -0.493 e. The van der Waals surface area contributed by atoms with Crippen LogP contribution in [0.4, 0.5) is 11.5 Å². The average molecular weight is 480 g/mol. The first-order valence-corrected chi connectivity index (χ1v) is 10.2. The maximum atomic E-state index is 13.2. The predicted molar refractivity (Wildman–Crippen MR) is 123 cm³/mol. The van der Waals surface area contributed by atoms with E-state index in [9.17, 15) is 19.7 Å². The van der Waals surface area contributed by atoms with Crippen molar-refractivity contribution in [3.05, 3.63) is 73.9 Å². The highest BCUT2D eigenvalue weighted by atomic mass is 16.6. The van der Waals surface area contributed by atoms with E-state index in [2.05, 4.69) is 20.4 Å². The molecule has 0 radical (unpaired) electrons. The highest BCUT2D eigenvalue weighted by Crippen LogP contribution is 2.35. The number of H-pyrrole nitrogens is 1. The van der Waals surface area contributed by atoms with E-state index in [1.54, 1.807) is 26.0 Å². The molecule has 4 rings (SSSR count). The lowest BCUT2D eigenvalue weighted by molar-refractivity contribution is -0.385. The van der Waals surface area contributed by atoms with Gasteiger partial charge < -0.3 is 19.2 Å². The molecule has 2 N–H and O–H groups in total. The van der Waals surface area contributed by atoms with E-state index in [0.29, 0.717) is 22.7 Å². The molecule has 3 heterocycles. The van der Waals surface area contributed by atoms with Crippen LogP contribution in [0.25, 0.3) is 17.4 Å². The van der Waals surface area contributed by atoms with Gasteiger partial charge in [0.1, 0.15) is 17.1 Å². The number of nitrogens with zero attached hydrogens (tertiary/aromatic N) is 4. The van der Waals surface area contributed by atoms with Crippen molar-refractivity contribution in [3.8, 4) is 28.9 Å². The summed E-state index contributed by atoms with van der Waals surface area (Å²) in [5, 5.41) is 18.7. The number of carbonyl (C=O) groups excluding carboxylic acids is 1. The van der Waals surface area contributed by atoms with Gasteiger partial charge in [-0.15, -0.1) is 0 Å². The summed E-state index contributed by atoms with van der Waals surface area (Å²) in [6.45, 7) is 3.29. The van der Waals surface area contributed by atoms with Crippen LogP contribution in [0, 0.1) is 24.0 Å². The monoisotopic (exact) mass is 480 g/mol. The summed E-state index contributed by atoms with van der Waals surface area (Å²) in [5.41, 5.74) is 0.0744. The molecule has 13 nitrogen and oxygen atoms in total. The minimum absolute atomic E-state index is 0.0352. The summed E-state index contributed by atoms with van der Waals surface area (Å²) < 4.78 is 16.9. The fraction of sp³-hybridized carbons (Fsp3) is 0.182. The Balaban J connectivity index is 1.83. The number of amides is 1. The number of ether oxygens (including phenoxy) is 2. The lowest BCUT2D eigenvalue weighted by Gasteiger charge is -2.12. The smallest absolute Gasteiger partial charge is 0.286 e. The Hall–Kier alpha value is -4.94. The first-order chi connectivity index (χ1) is 16.7. The van der Waals surface area contributed by atoms with Crippen LogP contribution in [0.5, 0.6) is 11.5 Å². The van der Waals surface area contributed by atoms with Gasteiger partial charge in [-0.05, 0) is 26.0 Å². The molecule has 0 saturated carbocycles. The minimum atomic E-state index is -0.823. The van der Waals surface area contributed by atoms with Crippen molar-refractivity contribution in [2.24, 2.45) is 0 Å². The van der Waals surface area contributed by atoms with Crippen molar-refractivity contribution in [2.75, 3.05) is 19.5 Å². The number of nitrogens with one attached hydrogen (secondary N) is 2. The van der Waals surface area contributed by atoms with Gasteiger partial charge in [0.25, 0.3) is 17.2 Å². The number of methoxy groups -OCH3 is 2. The fourth-order valence-electron chi connectivity index (χ4n) is 3.29. The quantitative estimate of drug-likeness (QED) is 0.298. The number of furan rings is 1. The molecule has 0 bridgehead atoms.